The van der Waals surface area contributed by atoms with E-state index in [1.165, 1.54) is 11.1 Å². The van der Waals surface area contributed by atoms with E-state index in [1.54, 1.807) is 0 Å². The summed E-state index contributed by atoms with van der Waals surface area (Å²) in [5.41, 5.74) is 9.50. The second kappa shape index (κ2) is 12.0. The quantitative estimate of drug-likeness (QED) is 0.746. The van der Waals surface area contributed by atoms with Crippen molar-refractivity contribution in [3.63, 3.8) is 0 Å². The predicted molar refractivity (Wildman–Crippen MR) is 122 cm³/mol. The molecule has 1 heterocycles. The van der Waals surface area contributed by atoms with Gasteiger partial charge in [0.05, 0.1) is 6.61 Å². The Labute approximate surface area is 186 Å². The van der Waals surface area contributed by atoms with Crippen molar-refractivity contribution < 1.29 is 9.53 Å². The van der Waals surface area contributed by atoms with E-state index >= 15 is 0 Å². The van der Waals surface area contributed by atoms with Gasteiger partial charge < -0.3 is 15.4 Å². The first-order chi connectivity index (χ1) is 13.1. The molecule has 7 heteroatoms. The molecule has 3 rings (SSSR count). The summed E-state index contributed by atoms with van der Waals surface area (Å²) >= 11 is 0. The van der Waals surface area contributed by atoms with Crippen molar-refractivity contribution in [1.29, 1.82) is 0 Å². The van der Waals surface area contributed by atoms with Gasteiger partial charge in [-0.25, -0.2) is 0 Å². The zero-order valence-electron chi connectivity index (χ0n) is 17.0. The molecule has 2 aromatic carbocycles. The lowest BCUT2D eigenvalue weighted by atomic mass is 10.0. The molecule has 1 amide bonds. The molecule has 5 nitrogen and oxygen atoms in total. The first-order valence-electron chi connectivity index (χ1n) is 9.62. The van der Waals surface area contributed by atoms with Gasteiger partial charge in [0.25, 0.3) is 0 Å². The Morgan fingerprint density at radius 3 is 2.14 bits per heavy atom. The number of piperazine rings is 1. The third-order valence-corrected chi connectivity index (χ3v) is 5.03. The number of halogens is 2. The highest BCUT2D eigenvalue weighted by molar-refractivity contribution is 5.85. The number of aryl methyl sites for hydroxylation is 1. The molecule has 0 aromatic heterocycles. The van der Waals surface area contributed by atoms with Crippen molar-refractivity contribution in [3.8, 4) is 5.75 Å². The van der Waals surface area contributed by atoms with Crippen LogP contribution in [0.2, 0.25) is 0 Å². The number of amides is 1. The molecule has 0 aliphatic carbocycles. The number of nitrogens with zero attached hydrogens (tertiary/aromatic N) is 2. The molecule has 1 fully saturated rings. The lowest BCUT2D eigenvalue weighted by molar-refractivity contribution is -0.134. The van der Waals surface area contributed by atoms with Gasteiger partial charge in [0.2, 0.25) is 5.91 Å². The highest BCUT2D eigenvalue weighted by atomic mass is 35.5. The maximum atomic E-state index is 12.7. The Hall–Kier alpha value is -1.79. The smallest absolute Gasteiger partial charge is 0.244 e. The minimum Gasteiger partial charge on any atom is -0.494 e. The SMILES string of the molecule is CCOc1ccc(CN2CCN(C(=O)C(N)c3ccc(C)cc3)CC2)cc1.Cl.Cl. The zero-order valence-corrected chi connectivity index (χ0v) is 18.7. The molecule has 1 saturated heterocycles. The Balaban J connectivity index is 0.00000210. The normalized spacial score (nSPS) is 15.1. The van der Waals surface area contributed by atoms with Gasteiger partial charge in [0.15, 0.2) is 0 Å². The maximum Gasteiger partial charge on any atom is 0.244 e. The number of ether oxygens (including phenoxy) is 1. The van der Waals surface area contributed by atoms with E-state index in [-0.39, 0.29) is 30.7 Å². The topological polar surface area (TPSA) is 58.8 Å². The summed E-state index contributed by atoms with van der Waals surface area (Å²) < 4.78 is 5.49. The van der Waals surface area contributed by atoms with Crippen LogP contribution in [0.1, 0.15) is 29.7 Å². The van der Waals surface area contributed by atoms with Gasteiger partial charge in [-0.1, -0.05) is 42.0 Å². The molecule has 1 aliphatic heterocycles. The average Bonchev–Trinajstić information content (AvgIpc) is 2.70. The third-order valence-electron chi connectivity index (χ3n) is 5.03. The molecule has 1 atom stereocenters. The molecule has 0 saturated carbocycles. The molecule has 1 unspecified atom stereocenters. The van der Waals surface area contributed by atoms with Gasteiger partial charge in [0.1, 0.15) is 11.8 Å². The van der Waals surface area contributed by atoms with Gasteiger partial charge in [-0.15, -0.1) is 24.8 Å². The van der Waals surface area contributed by atoms with E-state index in [4.69, 9.17) is 10.5 Å². The maximum absolute atomic E-state index is 12.7. The number of hydrogen-bond acceptors (Lipinski definition) is 4. The number of nitrogens with two attached hydrogens (primary N) is 1. The van der Waals surface area contributed by atoms with Crippen molar-refractivity contribution in [2.45, 2.75) is 26.4 Å². The molecule has 2 aromatic rings. The van der Waals surface area contributed by atoms with Crippen molar-refractivity contribution in [2.24, 2.45) is 5.73 Å². The van der Waals surface area contributed by atoms with E-state index in [0.29, 0.717) is 6.61 Å². The molecule has 0 radical (unpaired) electrons. The van der Waals surface area contributed by atoms with E-state index in [9.17, 15) is 4.79 Å². The largest absolute Gasteiger partial charge is 0.494 e. The Morgan fingerprint density at radius 2 is 1.59 bits per heavy atom. The second-order valence-electron chi connectivity index (χ2n) is 7.07. The van der Waals surface area contributed by atoms with E-state index in [1.807, 2.05) is 55.1 Å². The first kappa shape index (κ1) is 25.2. The molecule has 29 heavy (non-hydrogen) atoms. The van der Waals surface area contributed by atoms with Gasteiger partial charge in [-0.3, -0.25) is 9.69 Å². The van der Waals surface area contributed by atoms with Crippen LogP contribution in [-0.4, -0.2) is 48.5 Å². The van der Waals surface area contributed by atoms with Crippen LogP contribution in [0.3, 0.4) is 0 Å². The van der Waals surface area contributed by atoms with E-state index in [0.717, 1.165) is 44.0 Å². The van der Waals surface area contributed by atoms with Crippen LogP contribution >= 0.6 is 24.8 Å². The van der Waals surface area contributed by atoms with Crippen molar-refractivity contribution in [3.05, 3.63) is 65.2 Å². The van der Waals surface area contributed by atoms with Crippen LogP contribution in [0, 0.1) is 6.92 Å². The molecule has 0 spiro atoms. The fourth-order valence-electron chi connectivity index (χ4n) is 3.36. The highest BCUT2D eigenvalue weighted by Crippen LogP contribution is 2.17. The number of hydrogen-bond donors (Lipinski definition) is 1. The van der Waals surface area contributed by atoms with Crippen molar-refractivity contribution >= 4 is 30.7 Å². The molecule has 2 N–H and O–H groups in total. The number of benzene rings is 2. The highest BCUT2D eigenvalue weighted by Gasteiger charge is 2.26. The van der Waals surface area contributed by atoms with Crippen LogP contribution in [0.15, 0.2) is 48.5 Å². The Kier molecular flexibility index (Phi) is 10.5. The van der Waals surface area contributed by atoms with Gasteiger partial charge in [-0.05, 0) is 37.1 Å². The van der Waals surface area contributed by atoms with E-state index < -0.39 is 6.04 Å². The number of rotatable bonds is 6. The van der Waals surface area contributed by atoms with Gasteiger partial charge in [0, 0.05) is 32.7 Å². The molecule has 1 aliphatic rings. The summed E-state index contributed by atoms with van der Waals surface area (Å²) in [6.07, 6.45) is 0. The second-order valence-corrected chi connectivity index (χ2v) is 7.07. The lowest BCUT2D eigenvalue weighted by Gasteiger charge is -2.36. The monoisotopic (exact) mass is 439 g/mol. The Morgan fingerprint density at radius 1 is 1.00 bits per heavy atom. The van der Waals surface area contributed by atoms with E-state index in [2.05, 4.69) is 17.0 Å². The standard InChI is InChI=1S/C22H29N3O2.2ClH/c1-3-27-20-10-6-18(7-11-20)16-24-12-14-25(15-13-24)22(26)21(23)19-8-4-17(2)5-9-19;;/h4-11,21H,3,12-16,23H2,1-2H3;2*1H. The summed E-state index contributed by atoms with van der Waals surface area (Å²) in [7, 11) is 0. The number of carbonyl (C=O) groups is 1. The summed E-state index contributed by atoms with van der Waals surface area (Å²) in [5, 5.41) is 0. The summed E-state index contributed by atoms with van der Waals surface area (Å²) in [5.74, 6) is 0.918. The van der Waals surface area contributed by atoms with Crippen LogP contribution in [0.4, 0.5) is 0 Å². The molecule has 160 valence electrons. The van der Waals surface area contributed by atoms with Crippen LogP contribution < -0.4 is 10.5 Å². The minimum atomic E-state index is -0.580. The molecular formula is C22H31Cl2N3O2. The van der Waals surface area contributed by atoms with Crippen LogP contribution in [0.25, 0.3) is 0 Å². The zero-order chi connectivity index (χ0) is 19.2. The van der Waals surface area contributed by atoms with Crippen molar-refractivity contribution in [1.82, 2.24) is 9.80 Å². The lowest BCUT2D eigenvalue weighted by Crippen LogP contribution is -2.50. The molecular weight excluding hydrogens is 409 g/mol. The van der Waals surface area contributed by atoms with Gasteiger partial charge >= 0.3 is 0 Å². The summed E-state index contributed by atoms with van der Waals surface area (Å²) in [6.45, 7) is 8.74. The molecule has 0 bridgehead atoms. The van der Waals surface area contributed by atoms with Crippen LogP contribution in [-0.2, 0) is 11.3 Å². The fourth-order valence-corrected chi connectivity index (χ4v) is 3.36. The predicted octanol–water partition coefficient (Wildman–Crippen LogP) is 3.58. The minimum absolute atomic E-state index is 0. The summed E-state index contributed by atoms with van der Waals surface area (Å²) in [6, 6.07) is 15.5. The fraction of sp³-hybridized carbons (Fsp3) is 0.409. The third kappa shape index (κ3) is 6.89. The Bertz CT molecular complexity index is 746. The van der Waals surface area contributed by atoms with Gasteiger partial charge in [-0.2, -0.15) is 0 Å². The first-order valence-corrected chi connectivity index (χ1v) is 9.62. The number of carbonyl (C=O) groups excluding carboxylic acids is 1. The van der Waals surface area contributed by atoms with Crippen molar-refractivity contribution in [2.75, 3.05) is 32.8 Å². The average molecular weight is 440 g/mol. The van der Waals surface area contributed by atoms with Crippen LogP contribution in [0.5, 0.6) is 5.75 Å². The summed E-state index contributed by atoms with van der Waals surface area (Å²) in [4.78, 5) is 17.0.